The molecule has 0 aliphatic carbocycles. The van der Waals surface area contributed by atoms with Crippen LogP contribution in [0.1, 0.15) is 46.0 Å². The first kappa shape index (κ1) is 20.0. The van der Waals surface area contributed by atoms with Crippen LogP contribution < -0.4 is 0 Å². The number of halogens is 1. The summed E-state index contributed by atoms with van der Waals surface area (Å²) in [6.45, 7) is 6.80. The van der Waals surface area contributed by atoms with E-state index in [9.17, 15) is 14.0 Å². The van der Waals surface area contributed by atoms with E-state index in [0.717, 1.165) is 0 Å². The van der Waals surface area contributed by atoms with Crippen LogP contribution in [0.2, 0.25) is 0 Å². The summed E-state index contributed by atoms with van der Waals surface area (Å²) in [5.41, 5.74) is 2.68. The SMILES string of the molecule is CC(=O)c1c(C)[nH]c(C(=O)C(C)Sc2nnc(-c3ccccc3F)n2C)c1C. The highest BCUT2D eigenvalue weighted by molar-refractivity contribution is 8.00. The van der Waals surface area contributed by atoms with Crippen molar-refractivity contribution >= 4 is 23.3 Å². The van der Waals surface area contributed by atoms with Gasteiger partial charge in [-0.15, -0.1) is 10.2 Å². The van der Waals surface area contributed by atoms with E-state index in [1.807, 2.05) is 0 Å². The molecule has 1 unspecified atom stereocenters. The number of H-pyrrole nitrogens is 1. The fraction of sp³-hybridized carbons (Fsp3) is 0.300. The predicted molar refractivity (Wildman–Crippen MR) is 106 cm³/mol. The third-order valence-electron chi connectivity index (χ3n) is 4.64. The molecule has 0 radical (unpaired) electrons. The largest absolute Gasteiger partial charge is 0.355 e. The number of ketones is 2. The lowest BCUT2D eigenvalue weighted by Crippen LogP contribution is -2.16. The summed E-state index contributed by atoms with van der Waals surface area (Å²) in [5, 5.41) is 8.24. The molecular weight excluding hydrogens is 379 g/mol. The van der Waals surface area contributed by atoms with Gasteiger partial charge in [0.05, 0.1) is 16.5 Å². The van der Waals surface area contributed by atoms with Gasteiger partial charge in [0.1, 0.15) is 5.82 Å². The fourth-order valence-electron chi connectivity index (χ4n) is 3.23. The van der Waals surface area contributed by atoms with Crippen LogP contribution in [-0.4, -0.2) is 36.6 Å². The van der Waals surface area contributed by atoms with Gasteiger partial charge in [0, 0.05) is 18.3 Å². The van der Waals surface area contributed by atoms with Crippen molar-refractivity contribution < 1.29 is 14.0 Å². The molecule has 0 fully saturated rings. The molecule has 0 amide bonds. The Morgan fingerprint density at radius 1 is 1.21 bits per heavy atom. The number of hydrogen-bond acceptors (Lipinski definition) is 5. The molecule has 3 rings (SSSR count). The van der Waals surface area contributed by atoms with Crippen LogP contribution in [0.15, 0.2) is 29.4 Å². The second kappa shape index (κ2) is 7.71. The Morgan fingerprint density at radius 2 is 1.89 bits per heavy atom. The first-order valence-electron chi connectivity index (χ1n) is 8.77. The number of aromatic nitrogens is 4. The number of carbonyl (C=O) groups excluding carboxylic acids is 2. The first-order valence-corrected chi connectivity index (χ1v) is 9.65. The van der Waals surface area contributed by atoms with Crippen LogP contribution in [0, 0.1) is 19.7 Å². The van der Waals surface area contributed by atoms with Crippen molar-refractivity contribution in [1.29, 1.82) is 0 Å². The number of hydrogen-bond donors (Lipinski definition) is 1. The molecule has 2 aromatic heterocycles. The van der Waals surface area contributed by atoms with Crippen LogP contribution in [-0.2, 0) is 7.05 Å². The zero-order chi connectivity index (χ0) is 20.6. The van der Waals surface area contributed by atoms with E-state index in [1.165, 1.54) is 24.8 Å². The zero-order valence-corrected chi connectivity index (χ0v) is 17.1. The Bertz CT molecular complexity index is 1070. The molecule has 0 spiro atoms. The van der Waals surface area contributed by atoms with Gasteiger partial charge in [-0.25, -0.2) is 4.39 Å². The number of benzene rings is 1. The van der Waals surface area contributed by atoms with Gasteiger partial charge < -0.3 is 9.55 Å². The van der Waals surface area contributed by atoms with Gasteiger partial charge in [0.25, 0.3) is 0 Å². The van der Waals surface area contributed by atoms with Crippen LogP contribution in [0.25, 0.3) is 11.4 Å². The van der Waals surface area contributed by atoms with Crippen molar-refractivity contribution in [2.45, 2.75) is 38.1 Å². The normalized spacial score (nSPS) is 12.2. The van der Waals surface area contributed by atoms with Gasteiger partial charge in [-0.1, -0.05) is 23.9 Å². The average Bonchev–Trinajstić information content (AvgIpc) is 3.14. The van der Waals surface area contributed by atoms with Crippen molar-refractivity contribution in [3.8, 4) is 11.4 Å². The molecule has 28 heavy (non-hydrogen) atoms. The summed E-state index contributed by atoms with van der Waals surface area (Å²) in [7, 11) is 1.74. The van der Waals surface area contributed by atoms with E-state index in [2.05, 4.69) is 15.2 Å². The summed E-state index contributed by atoms with van der Waals surface area (Å²) in [4.78, 5) is 27.8. The third-order valence-corrected chi connectivity index (χ3v) is 5.77. The van der Waals surface area contributed by atoms with Crippen molar-refractivity contribution in [3.05, 3.63) is 52.6 Å². The Kier molecular flexibility index (Phi) is 5.51. The lowest BCUT2D eigenvalue weighted by Gasteiger charge is -2.10. The highest BCUT2D eigenvalue weighted by atomic mass is 32.2. The number of thioether (sulfide) groups is 1. The average molecular weight is 400 g/mol. The lowest BCUT2D eigenvalue weighted by molar-refractivity contribution is 0.0988. The van der Waals surface area contributed by atoms with Gasteiger partial charge in [0.2, 0.25) is 0 Å². The molecule has 0 bridgehead atoms. The maximum Gasteiger partial charge on any atom is 0.192 e. The molecule has 0 saturated carbocycles. The number of aromatic amines is 1. The second-order valence-electron chi connectivity index (χ2n) is 6.65. The Morgan fingerprint density at radius 3 is 2.50 bits per heavy atom. The molecule has 0 aliphatic heterocycles. The van der Waals surface area contributed by atoms with E-state index >= 15 is 0 Å². The van der Waals surface area contributed by atoms with E-state index in [0.29, 0.717) is 39.1 Å². The molecule has 1 atom stereocenters. The number of rotatable bonds is 6. The van der Waals surface area contributed by atoms with E-state index in [-0.39, 0.29) is 17.4 Å². The maximum absolute atomic E-state index is 14.1. The number of Topliss-reactive ketones (excluding diaryl/α,β-unsaturated/α-hetero) is 2. The quantitative estimate of drug-likeness (QED) is 0.497. The number of nitrogens with one attached hydrogen (secondary N) is 1. The van der Waals surface area contributed by atoms with Crippen molar-refractivity contribution in [1.82, 2.24) is 19.7 Å². The van der Waals surface area contributed by atoms with Crippen LogP contribution >= 0.6 is 11.8 Å². The topological polar surface area (TPSA) is 80.6 Å². The second-order valence-corrected chi connectivity index (χ2v) is 7.96. The molecule has 2 heterocycles. The number of nitrogens with zero attached hydrogens (tertiary/aromatic N) is 3. The minimum atomic E-state index is -0.465. The number of carbonyl (C=O) groups is 2. The molecule has 146 valence electrons. The van der Waals surface area contributed by atoms with E-state index < -0.39 is 5.25 Å². The highest BCUT2D eigenvalue weighted by Crippen LogP contribution is 2.29. The summed E-state index contributed by atoms with van der Waals surface area (Å²) in [6, 6.07) is 6.35. The van der Waals surface area contributed by atoms with Crippen molar-refractivity contribution in [3.63, 3.8) is 0 Å². The summed E-state index contributed by atoms with van der Waals surface area (Å²) in [5.74, 6) is -0.194. The summed E-state index contributed by atoms with van der Waals surface area (Å²) < 4.78 is 15.7. The zero-order valence-electron chi connectivity index (χ0n) is 16.3. The van der Waals surface area contributed by atoms with Crippen molar-refractivity contribution in [2.75, 3.05) is 0 Å². The smallest absolute Gasteiger partial charge is 0.192 e. The van der Waals surface area contributed by atoms with E-state index in [1.54, 1.807) is 50.6 Å². The van der Waals surface area contributed by atoms with Gasteiger partial charge in [-0.05, 0) is 45.4 Å². The highest BCUT2D eigenvalue weighted by Gasteiger charge is 2.26. The monoisotopic (exact) mass is 400 g/mol. The molecular formula is C20H21FN4O2S. The van der Waals surface area contributed by atoms with Gasteiger partial charge >= 0.3 is 0 Å². The van der Waals surface area contributed by atoms with Crippen LogP contribution in [0.5, 0.6) is 0 Å². The molecule has 0 aliphatic rings. The molecule has 6 nitrogen and oxygen atoms in total. The molecule has 0 saturated heterocycles. The first-order chi connectivity index (χ1) is 13.2. The van der Waals surface area contributed by atoms with E-state index in [4.69, 9.17) is 0 Å². The predicted octanol–water partition coefficient (Wildman–Crippen LogP) is 4.13. The molecule has 1 N–H and O–H groups in total. The van der Waals surface area contributed by atoms with Crippen LogP contribution in [0.3, 0.4) is 0 Å². The Labute approximate surface area is 166 Å². The maximum atomic E-state index is 14.1. The summed E-state index contributed by atoms with van der Waals surface area (Å²) >= 11 is 1.24. The van der Waals surface area contributed by atoms with Gasteiger partial charge in [-0.2, -0.15) is 0 Å². The van der Waals surface area contributed by atoms with Crippen molar-refractivity contribution in [2.24, 2.45) is 7.05 Å². The third kappa shape index (κ3) is 3.52. The Hall–Kier alpha value is -2.74. The van der Waals surface area contributed by atoms with Crippen LogP contribution in [0.4, 0.5) is 4.39 Å². The summed E-state index contributed by atoms with van der Waals surface area (Å²) in [6.07, 6.45) is 0. The minimum Gasteiger partial charge on any atom is -0.355 e. The number of aryl methyl sites for hydroxylation is 1. The minimum absolute atomic E-state index is 0.0755. The molecule has 3 aromatic rings. The molecule has 1 aromatic carbocycles. The fourth-order valence-corrected chi connectivity index (χ4v) is 4.11. The van der Waals surface area contributed by atoms with Gasteiger partial charge in [-0.3, -0.25) is 9.59 Å². The Balaban J connectivity index is 1.85. The van der Waals surface area contributed by atoms with Gasteiger partial charge in [0.15, 0.2) is 22.5 Å². The lowest BCUT2D eigenvalue weighted by atomic mass is 10.0. The molecule has 8 heteroatoms. The standard InChI is InChI=1S/C20H21FN4O2S/c1-10-16(12(3)26)11(2)22-17(10)18(27)13(4)28-20-24-23-19(25(20)5)14-8-6-7-9-15(14)21/h6-9,13,22H,1-5H3.